The molecule has 3 heteroatoms. The number of nitrogen functional groups attached to an aromatic ring is 1. The van der Waals surface area contributed by atoms with Crippen molar-refractivity contribution in [1.29, 1.82) is 0 Å². The summed E-state index contributed by atoms with van der Waals surface area (Å²) in [7, 11) is 0. The Kier molecular flexibility index (Phi) is 5.57. The average molecular weight is 276 g/mol. The van der Waals surface area contributed by atoms with Crippen LogP contribution in [0.5, 0.6) is 5.75 Å². The van der Waals surface area contributed by atoms with Gasteiger partial charge in [0.15, 0.2) is 0 Å². The van der Waals surface area contributed by atoms with Gasteiger partial charge in [-0.05, 0) is 31.2 Å². The fraction of sp³-hybridized carbons (Fsp3) is 0.647. The third-order valence-electron chi connectivity index (χ3n) is 4.12. The summed E-state index contributed by atoms with van der Waals surface area (Å²) in [6.45, 7) is 5.20. The summed E-state index contributed by atoms with van der Waals surface area (Å²) in [6, 6.07) is 6.54. The Balaban J connectivity index is 2.05. The van der Waals surface area contributed by atoms with E-state index in [2.05, 4.69) is 25.2 Å². The van der Waals surface area contributed by atoms with Crippen LogP contribution in [0, 0.1) is 5.92 Å². The predicted octanol–water partition coefficient (Wildman–Crippen LogP) is 4.44. The Morgan fingerprint density at radius 2 is 2.00 bits per heavy atom. The number of nitrogens with two attached hydrogens (primary N) is 1. The van der Waals surface area contributed by atoms with Gasteiger partial charge in [-0.2, -0.15) is 0 Å². The molecule has 0 radical (unpaired) electrons. The zero-order chi connectivity index (χ0) is 14.4. The molecule has 1 saturated carbocycles. The van der Waals surface area contributed by atoms with Gasteiger partial charge in [-0.3, -0.25) is 0 Å². The van der Waals surface area contributed by atoms with Crippen molar-refractivity contribution in [1.82, 2.24) is 0 Å². The van der Waals surface area contributed by atoms with E-state index < -0.39 is 0 Å². The van der Waals surface area contributed by atoms with E-state index in [0.717, 1.165) is 36.1 Å². The molecule has 2 atom stereocenters. The highest BCUT2D eigenvalue weighted by Crippen LogP contribution is 2.29. The maximum Gasteiger partial charge on any atom is 0.123 e. The highest BCUT2D eigenvalue weighted by molar-refractivity contribution is 5.59. The average Bonchev–Trinajstić information content (AvgIpc) is 2.61. The van der Waals surface area contributed by atoms with Gasteiger partial charge in [0.2, 0.25) is 0 Å². The molecule has 0 bridgehead atoms. The van der Waals surface area contributed by atoms with Crippen molar-refractivity contribution in [3.8, 4) is 5.75 Å². The van der Waals surface area contributed by atoms with Crippen molar-refractivity contribution >= 4 is 11.4 Å². The van der Waals surface area contributed by atoms with Crippen LogP contribution in [0.2, 0.25) is 0 Å². The normalized spacial score (nSPS) is 23.1. The molecule has 2 unspecified atom stereocenters. The van der Waals surface area contributed by atoms with Crippen LogP contribution in [0.1, 0.15) is 52.4 Å². The Morgan fingerprint density at radius 1 is 1.20 bits per heavy atom. The quantitative estimate of drug-likeness (QED) is 0.617. The Labute approximate surface area is 122 Å². The van der Waals surface area contributed by atoms with Gasteiger partial charge in [0.05, 0.1) is 6.61 Å². The zero-order valence-corrected chi connectivity index (χ0v) is 12.8. The van der Waals surface area contributed by atoms with E-state index in [-0.39, 0.29) is 0 Å². The molecule has 20 heavy (non-hydrogen) atoms. The molecule has 1 aliphatic rings. The molecule has 0 amide bonds. The molecule has 3 N–H and O–H groups in total. The van der Waals surface area contributed by atoms with Crippen LogP contribution < -0.4 is 15.8 Å². The van der Waals surface area contributed by atoms with E-state index >= 15 is 0 Å². The first-order valence-electron chi connectivity index (χ1n) is 7.99. The lowest BCUT2D eigenvalue weighted by Gasteiger charge is -2.24. The lowest BCUT2D eigenvalue weighted by molar-refractivity contribution is 0.317. The Bertz CT molecular complexity index is 419. The molecule has 3 nitrogen and oxygen atoms in total. The molecule has 0 aromatic heterocycles. The van der Waals surface area contributed by atoms with E-state index in [4.69, 9.17) is 10.5 Å². The van der Waals surface area contributed by atoms with Crippen LogP contribution in [0.4, 0.5) is 11.4 Å². The number of hydrogen-bond acceptors (Lipinski definition) is 3. The summed E-state index contributed by atoms with van der Waals surface area (Å²) in [5.41, 5.74) is 7.84. The molecule has 112 valence electrons. The fourth-order valence-electron chi connectivity index (χ4n) is 2.93. The van der Waals surface area contributed by atoms with Crippen molar-refractivity contribution in [2.24, 2.45) is 5.92 Å². The minimum atomic E-state index is 0.554. The standard InChI is InChI=1S/C17H28N2O/c1-3-9-20-16-11-14(18)10-15(12-16)19-17-8-6-4-5-7-13(17)2/h10-13,17,19H,3-9,18H2,1-2H3. The van der Waals surface area contributed by atoms with E-state index in [1.54, 1.807) is 0 Å². The van der Waals surface area contributed by atoms with Gasteiger partial charge in [-0.25, -0.2) is 0 Å². The first-order valence-corrected chi connectivity index (χ1v) is 7.99. The van der Waals surface area contributed by atoms with Crippen LogP contribution in [0.15, 0.2) is 18.2 Å². The molecule has 1 fully saturated rings. The van der Waals surface area contributed by atoms with Crippen LogP contribution >= 0.6 is 0 Å². The molecule has 0 spiro atoms. The number of benzene rings is 1. The van der Waals surface area contributed by atoms with Crippen LogP contribution in [-0.4, -0.2) is 12.6 Å². The minimum absolute atomic E-state index is 0.554. The highest BCUT2D eigenvalue weighted by Gasteiger charge is 2.19. The van der Waals surface area contributed by atoms with E-state index in [9.17, 15) is 0 Å². The smallest absolute Gasteiger partial charge is 0.123 e. The largest absolute Gasteiger partial charge is 0.493 e. The molecular formula is C17H28N2O. The molecule has 1 aromatic carbocycles. The summed E-state index contributed by atoms with van der Waals surface area (Å²) in [6.07, 6.45) is 7.63. The summed E-state index contributed by atoms with van der Waals surface area (Å²) in [5.74, 6) is 1.59. The SMILES string of the molecule is CCCOc1cc(N)cc(NC2CCCCCC2C)c1. The third-order valence-corrected chi connectivity index (χ3v) is 4.12. The molecule has 0 saturated heterocycles. The molecular weight excluding hydrogens is 248 g/mol. The number of ether oxygens (including phenoxy) is 1. The van der Waals surface area contributed by atoms with Crippen LogP contribution in [-0.2, 0) is 0 Å². The van der Waals surface area contributed by atoms with Crippen molar-refractivity contribution in [3.63, 3.8) is 0 Å². The number of rotatable bonds is 5. The monoisotopic (exact) mass is 276 g/mol. The Morgan fingerprint density at radius 3 is 2.80 bits per heavy atom. The van der Waals surface area contributed by atoms with Crippen molar-refractivity contribution in [2.45, 2.75) is 58.4 Å². The van der Waals surface area contributed by atoms with Gasteiger partial charge in [0.25, 0.3) is 0 Å². The number of anilines is 2. The van der Waals surface area contributed by atoms with Crippen LogP contribution in [0.25, 0.3) is 0 Å². The molecule has 0 heterocycles. The summed E-state index contributed by atoms with van der Waals surface area (Å²) in [4.78, 5) is 0. The maximum atomic E-state index is 5.98. The topological polar surface area (TPSA) is 47.3 Å². The second kappa shape index (κ2) is 7.41. The van der Waals surface area contributed by atoms with Gasteiger partial charge in [-0.15, -0.1) is 0 Å². The number of nitrogens with one attached hydrogen (secondary N) is 1. The van der Waals surface area contributed by atoms with Crippen molar-refractivity contribution in [2.75, 3.05) is 17.7 Å². The Hall–Kier alpha value is -1.38. The lowest BCUT2D eigenvalue weighted by Crippen LogP contribution is -2.26. The second-order valence-electron chi connectivity index (χ2n) is 6.01. The number of hydrogen-bond donors (Lipinski definition) is 2. The fourth-order valence-corrected chi connectivity index (χ4v) is 2.93. The first-order chi connectivity index (χ1) is 9.69. The predicted molar refractivity (Wildman–Crippen MR) is 86.3 cm³/mol. The van der Waals surface area contributed by atoms with E-state index in [1.807, 2.05) is 12.1 Å². The van der Waals surface area contributed by atoms with Gasteiger partial charge >= 0.3 is 0 Å². The van der Waals surface area contributed by atoms with Crippen LogP contribution in [0.3, 0.4) is 0 Å². The van der Waals surface area contributed by atoms with E-state index in [1.165, 1.54) is 32.1 Å². The molecule has 0 aliphatic heterocycles. The summed E-state index contributed by atoms with van der Waals surface area (Å²) < 4.78 is 5.70. The van der Waals surface area contributed by atoms with Crippen molar-refractivity contribution < 1.29 is 4.74 Å². The molecule has 2 rings (SSSR count). The van der Waals surface area contributed by atoms with Gasteiger partial charge < -0.3 is 15.8 Å². The van der Waals surface area contributed by atoms with Gasteiger partial charge in [-0.1, -0.05) is 33.1 Å². The summed E-state index contributed by atoms with van der Waals surface area (Å²) in [5, 5.41) is 3.67. The molecule has 1 aliphatic carbocycles. The second-order valence-corrected chi connectivity index (χ2v) is 6.01. The minimum Gasteiger partial charge on any atom is -0.493 e. The lowest BCUT2D eigenvalue weighted by atomic mass is 9.96. The van der Waals surface area contributed by atoms with Gasteiger partial charge in [0.1, 0.15) is 5.75 Å². The first kappa shape index (κ1) is 15.0. The highest BCUT2D eigenvalue weighted by atomic mass is 16.5. The maximum absolute atomic E-state index is 5.98. The molecule has 1 aromatic rings. The summed E-state index contributed by atoms with van der Waals surface area (Å²) >= 11 is 0. The third kappa shape index (κ3) is 4.32. The zero-order valence-electron chi connectivity index (χ0n) is 12.8. The van der Waals surface area contributed by atoms with Gasteiger partial charge in [0, 0.05) is 29.5 Å². The van der Waals surface area contributed by atoms with Crippen molar-refractivity contribution in [3.05, 3.63) is 18.2 Å². The van der Waals surface area contributed by atoms with E-state index in [0.29, 0.717) is 6.04 Å².